The van der Waals surface area contributed by atoms with E-state index in [2.05, 4.69) is 22.9 Å². The normalized spacial score (nSPS) is 14.0. The van der Waals surface area contributed by atoms with E-state index in [9.17, 15) is 9.59 Å². The van der Waals surface area contributed by atoms with Crippen molar-refractivity contribution in [1.82, 2.24) is 14.9 Å². The molecule has 1 saturated heterocycles. The van der Waals surface area contributed by atoms with Crippen molar-refractivity contribution in [3.63, 3.8) is 0 Å². The Kier molecular flexibility index (Phi) is 7.34. The standard InChI is InChI=1S/C23H26N4O4S2/c1-3-17-13-18-20(24-23(25-21(18)33-17)32-14-19(28)29)26-8-10-27(11-9-26)22(30)15-6-5-7-16(12-15)31-4-2/h5-7,12-13H,3-4,8-11,14H2,1-2H3,(H,28,29). The Labute approximate surface area is 200 Å². The van der Waals surface area contributed by atoms with E-state index in [0.717, 1.165) is 34.2 Å². The number of fused-ring (bicyclic) bond motifs is 1. The number of anilines is 1. The topological polar surface area (TPSA) is 95.9 Å². The van der Waals surface area contributed by atoms with E-state index in [1.807, 2.05) is 30.0 Å². The molecule has 10 heteroatoms. The summed E-state index contributed by atoms with van der Waals surface area (Å²) in [5.41, 5.74) is 0.622. The molecule has 1 N–H and O–H groups in total. The second kappa shape index (κ2) is 10.4. The van der Waals surface area contributed by atoms with Gasteiger partial charge in [0.1, 0.15) is 16.4 Å². The molecule has 1 amide bonds. The van der Waals surface area contributed by atoms with Gasteiger partial charge in [-0.25, -0.2) is 9.97 Å². The molecule has 0 radical (unpaired) electrons. The van der Waals surface area contributed by atoms with Gasteiger partial charge in [-0.3, -0.25) is 9.59 Å². The van der Waals surface area contributed by atoms with Crippen LogP contribution in [0.25, 0.3) is 10.2 Å². The molecule has 0 atom stereocenters. The maximum absolute atomic E-state index is 13.0. The van der Waals surface area contributed by atoms with Gasteiger partial charge < -0.3 is 19.6 Å². The molecule has 3 heterocycles. The van der Waals surface area contributed by atoms with Crippen molar-refractivity contribution in [3.05, 3.63) is 40.8 Å². The predicted octanol–water partition coefficient (Wildman–Crippen LogP) is 3.79. The molecule has 1 fully saturated rings. The summed E-state index contributed by atoms with van der Waals surface area (Å²) in [7, 11) is 0. The van der Waals surface area contributed by atoms with Crippen molar-refractivity contribution in [2.75, 3.05) is 43.4 Å². The van der Waals surface area contributed by atoms with Crippen LogP contribution < -0.4 is 9.64 Å². The zero-order valence-electron chi connectivity index (χ0n) is 18.6. The van der Waals surface area contributed by atoms with Crippen molar-refractivity contribution in [2.24, 2.45) is 0 Å². The molecule has 8 nitrogen and oxygen atoms in total. The number of carboxylic acids is 1. The number of thiophene rings is 1. The fourth-order valence-corrected chi connectivity index (χ4v) is 5.31. The second-order valence-electron chi connectivity index (χ2n) is 7.54. The van der Waals surface area contributed by atoms with Crippen LogP contribution in [0.15, 0.2) is 35.5 Å². The molecule has 174 valence electrons. The smallest absolute Gasteiger partial charge is 0.313 e. The Hall–Kier alpha value is -2.85. The minimum absolute atomic E-state index is 0.00876. The number of benzene rings is 1. The van der Waals surface area contributed by atoms with Gasteiger partial charge in [0.15, 0.2) is 5.16 Å². The Bertz CT molecular complexity index is 1160. The number of aliphatic carboxylic acids is 1. The average molecular weight is 487 g/mol. The molecule has 0 bridgehead atoms. The Morgan fingerprint density at radius 1 is 1.15 bits per heavy atom. The summed E-state index contributed by atoms with van der Waals surface area (Å²) in [6.45, 7) is 7.01. The highest BCUT2D eigenvalue weighted by atomic mass is 32.2. The molecule has 1 aliphatic heterocycles. The van der Waals surface area contributed by atoms with Crippen LogP contribution >= 0.6 is 23.1 Å². The monoisotopic (exact) mass is 486 g/mol. The van der Waals surface area contributed by atoms with E-state index in [4.69, 9.17) is 14.8 Å². The molecular weight excluding hydrogens is 460 g/mol. The lowest BCUT2D eigenvalue weighted by Crippen LogP contribution is -2.49. The molecule has 4 rings (SSSR count). The van der Waals surface area contributed by atoms with Crippen LogP contribution in [0.4, 0.5) is 5.82 Å². The number of piperazine rings is 1. The molecule has 0 spiro atoms. The highest BCUT2D eigenvalue weighted by Crippen LogP contribution is 2.34. The lowest BCUT2D eigenvalue weighted by atomic mass is 10.1. The summed E-state index contributed by atoms with van der Waals surface area (Å²) >= 11 is 2.75. The van der Waals surface area contributed by atoms with Crippen LogP contribution in [0.2, 0.25) is 0 Å². The fraction of sp³-hybridized carbons (Fsp3) is 0.391. The number of amides is 1. The van der Waals surface area contributed by atoms with Crippen molar-refractivity contribution in [2.45, 2.75) is 25.4 Å². The number of nitrogens with zero attached hydrogens (tertiary/aromatic N) is 4. The largest absolute Gasteiger partial charge is 0.494 e. The van der Waals surface area contributed by atoms with E-state index < -0.39 is 5.97 Å². The quantitative estimate of drug-likeness (QED) is 0.380. The van der Waals surface area contributed by atoms with Crippen LogP contribution in [0, 0.1) is 0 Å². The van der Waals surface area contributed by atoms with E-state index in [0.29, 0.717) is 49.3 Å². The van der Waals surface area contributed by atoms with Gasteiger partial charge in [0.2, 0.25) is 0 Å². The van der Waals surface area contributed by atoms with Gasteiger partial charge in [0.05, 0.1) is 17.7 Å². The zero-order chi connectivity index (χ0) is 23.4. The number of thioether (sulfide) groups is 1. The molecule has 0 saturated carbocycles. The van der Waals surface area contributed by atoms with Crippen molar-refractivity contribution < 1.29 is 19.4 Å². The molecule has 0 aliphatic carbocycles. The SMILES string of the molecule is CCOc1cccc(C(=O)N2CCN(c3nc(SCC(=O)O)nc4sc(CC)cc34)CC2)c1. The maximum atomic E-state index is 13.0. The van der Waals surface area contributed by atoms with Crippen LogP contribution in [0.3, 0.4) is 0 Å². The predicted molar refractivity (Wildman–Crippen MR) is 131 cm³/mol. The Morgan fingerprint density at radius 2 is 1.94 bits per heavy atom. The summed E-state index contributed by atoms with van der Waals surface area (Å²) in [5, 5.41) is 10.5. The molecule has 0 unspecified atom stereocenters. The minimum Gasteiger partial charge on any atom is -0.494 e. The van der Waals surface area contributed by atoms with Crippen LogP contribution in [-0.2, 0) is 11.2 Å². The first-order valence-corrected chi connectivity index (χ1v) is 12.7. The first-order valence-electron chi connectivity index (χ1n) is 10.9. The van der Waals surface area contributed by atoms with Gasteiger partial charge in [-0.05, 0) is 37.6 Å². The summed E-state index contributed by atoms with van der Waals surface area (Å²) in [4.78, 5) is 39.4. The van der Waals surface area contributed by atoms with Gasteiger partial charge in [0, 0.05) is 36.6 Å². The Morgan fingerprint density at radius 3 is 2.64 bits per heavy atom. The van der Waals surface area contributed by atoms with Crippen molar-refractivity contribution in [3.8, 4) is 5.75 Å². The van der Waals surface area contributed by atoms with Crippen LogP contribution in [0.5, 0.6) is 5.75 Å². The van der Waals surface area contributed by atoms with E-state index in [1.54, 1.807) is 17.4 Å². The van der Waals surface area contributed by atoms with E-state index in [-0.39, 0.29) is 11.7 Å². The van der Waals surface area contributed by atoms with Gasteiger partial charge in [-0.1, -0.05) is 24.8 Å². The van der Waals surface area contributed by atoms with Crippen LogP contribution in [0.1, 0.15) is 29.1 Å². The minimum atomic E-state index is -0.897. The number of ether oxygens (including phenoxy) is 1. The van der Waals surface area contributed by atoms with Gasteiger partial charge in [0.25, 0.3) is 5.91 Å². The third-order valence-corrected chi connectivity index (χ3v) is 7.34. The number of rotatable bonds is 8. The summed E-state index contributed by atoms with van der Waals surface area (Å²) in [6, 6.07) is 9.41. The first kappa shape index (κ1) is 23.3. The van der Waals surface area contributed by atoms with Gasteiger partial charge in [-0.15, -0.1) is 11.3 Å². The van der Waals surface area contributed by atoms with Gasteiger partial charge >= 0.3 is 5.97 Å². The van der Waals surface area contributed by atoms with Gasteiger partial charge in [-0.2, -0.15) is 0 Å². The second-order valence-corrected chi connectivity index (χ2v) is 9.60. The average Bonchev–Trinajstić information content (AvgIpc) is 3.25. The van der Waals surface area contributed by atoms with Crippen LogP contribution in [-0.4, -0.2) is 70.4 Å². The molecule has 1 aliphatic rings. The third-order valence-electron chi connectivity index (χ3n) is 5.33. The molecule has 2 aromatic heterocycles. The van der Waals surface area contributed by atoms with E-state index in [1.165, 1.54) is 4.88 Å². The molecular formula is C23H26N4O4S2. The third kappa shape index (κ3) is 5.39. The molecule has 3 aromatic rings. The van der Waals surface area contributed by atoms with Crippen molar-refractivity contribution >= 4 is 51.0 Å². The Balaban J connectivity index is 1.52. The number of aryl methyl sites for hydroxylation is 1. The number of aromatic nitrogens is 2. The fourth-order valence-electron chi connectivity index (χ4n) is 3.73. The number of carboxylic acid groups (broad SMARTS) is 1. The zero-order valence-corrected chi connectivity index (χ0v) is 20.2. The lowest BCUT2D eigenvalue weighted by Gasteiger charge is -2.35. The maximum Gasteiger partial charge on any atom is 0.313 e. The summed E-state index contributed by atoms with van der Waals surface area (Å²) in [5.74, 6) is 0.520. The highest BCUT2D eigenvalue weighted by molar-refractivity contribution is 7.99. The number of hydrogen-bond acceptors (Lipinski definition) is 8. The molecule has 33 heavy (non-hydrogen) atoms. The number of carbonyl (C=O) groups is 2. The van der Waals surface area contributed by atoms with E-state index >= 15 is 0 Å². The number of carbonyl (C=O) groups excluding carboxylic acids is 1. The number of hydrogen-bond donors (Lipinski definition) is 1. The highest BCUT2D eigenvalue weighted by Gasteiger charge is 2.25. The summed E-state index contributed by atoms with van der Waals surface area (Å²) in [6.07, 6.45) is 0.904. The van der Waals surface area contributed by atoms with Crippen molar-refractivity contribution in [1.29, 1.82) is 0 Å². The lowest BCUT2D eigenvalue weighted by molar-refractivity contribution is -0.133. The molecule has 1 aromatic carbocycles. The first-order chi connectivity index (χ1) is 16.0. The summed E-state index contributed by atoms with van der Waals surface area (Å²) < 4.78 is 5.53.